The fourth-order valence-electron chi connectivity index (χ4n) is 2.92. The van der Waals surface area contributed by atoms with E-state index in [4.69, 9.17) is 0 Å². The van der Waals surface area contributed by atoms with Crippen LogP contribution < -0.4 is 16.0 Å². The van der Waals surface area contributed by atoms with E-state index >= 15 is 0 Å². The predicted molar refractivity (Wildman–Crippen MR) is 72.8 cm³/mol. The molecule has 0 bridgehead atoms. The minimum absolute atomic E-state index is 0.216. The first-order valence-electron chi connectivity index (χ1n) is 7.22. The standard InChI is InChI=1S/C13H24N4O2/c1-2-5-15-13(19)16-12(18)9-17-7-10-4-3-6-14-11(10)8-17/h10-11,14H,2-9H2,1H3,(H2,15,16,18,19). The molecule has 3 N–H and O–H groups in total. The number of carbonyl (C=O) groups is 2. The van der Waals surface area contributed by atoms with Crippen molar-refractivity contribution in [3.63, 3.8) is 0 Å². The van der Waals surface area contributed by atoms with Crippen LogP contribution in [0.3, 0.4) is 0 Å². The largest absolute Gasteiger partial charge is 0.338 e. The van der Waals surface area contributed by atoms with E-state index in [1.165, 1.54) is 12.8 Å². The van der Waals surface area contributed by atoms with Crippen molar-refractivity contribution in [2.75, 3.05) is 32.7 Å². The molecule has 2 aliphatic rings. The maximum atomic E-state index is 11.7. The second-order valence-electron chi connectivity index (χ2n) is 5.46. The van der Waals surface area contributed by atoms with Crippen molar-refractivity contribution in [1.29, 1.82) is 0 Å². The number of nitrogens with one attached hydrogen (secondary N) is 3. The Bertz CT molecular complexity index is 321. The zero-order valence-corrected chi connectivity index (χ0v) is 11.6. The minimum atomic E-state index is -0.387. The Morgan fingerprint density at radius 1 is 1.37 bits per heavy atom. The van der Waals surface area contributed by atoms with Gasteiger partial charge < -0.3 is 10.6 Å². The summed E-state index contributed by atoms with van der Waals surface area (Å²) in [4.78, 5) is 25.2. The lowest BCUT2D eigenvalue weighted by atomic mass is 9.94. The van der Waals surface area contributed by atoms with Gasteiger partial charge in [-0.15, -0.1) is 0 Å². The van der Waals surface area contributed by atoms with Crippen molar-refractivity contribution in [2.24, 2.45) is 5.92 Å². The summed E-state index contributed by atoms with van der Waals surface area (Å²) in [6.45, 7) is 5.84. The van der Waals surface area contributed by atoms with Crippen LogP contribution in [-0.4, -0.2) is 55.6 Å². The van der Waals surface area contributed by atoms with Gasteiger partial charge in [-0.25, -0.2) is 4.79 Å². The van der Waals surface area contributed by atoms with Gasteiger partial charge in [0, 0.05) is 25.7 Å². The highest BCUT2D eigenvalue weighted by Crippen LogP contribution is 2.24. The van der Waals surface area contributed by atoms with Gasteiger partial charge >= 0.3 is 6.03 Å². The normalized spacial score (nSPS) is 26.8. The molecule has 3 amide bonds. The molecule has 19 heavy (non-hydrogen) atoms. The third kappa shape index (κ3) is 4.18. The lowest BCUT2D eigenvalue weighted by molar-refractivity contribution is -0.120. The van der Waals surface area contributed by atoms with Crippen LogP contribution >= 0.6 is 0 Å². The van der Waals surface area contributed by atoms with Crippen molar-refractivity contribution < 1.29 is 9.59 Å². The van der Waals surface area contributed by atoms with E-state index in [0.717, 1.165) is 26.1 Å². The topological polar surface area (TPSA) is 73.5 Å². The average molecular weight is 268 g/mol. The Labute approximate surface area is 114 Å². The number of nitrogens with zero attached hydrogens (tertiary/aromatic N) is 1. The monoisotopic (exact) mass is 268 g/mol. The first kappa shape index (κ1) is 14.3. The van der Waals surface area contributed by atoms with Gasteiger partial charge in [-0.3, -0.25) is 15.0 Å². The number of urea groups is 1. The Kier molecular flexibility index (Phi) is 5.15. The van der Waals surface area contributed by atoms with E-state index < -0.39 is 0 Å². The van der Waals surface area contributed by atoms with E-state index in [-0.39, 0.29) is 11.9 Å². The summed E-state index contributed by atoms with van der Waals surface area (Å²) in [5, 5.41) is 8.51. The molecule has 0 spiro atoms. The summed E-state index contributed by atoms with van der Waals surface area (Å²) in [5.74, 6) is 0.447. The van der Waals surface area contributed by atoms with Crippen molar-refractivity contribution in [3.8, 4) is 0 Å². The molecular weight excluding hydrogens is 244 g/mol. The number of fused-ring (bicyclic) bond motifs is 1. The molecule has 2 aliphatic heterocycles. The molecule has 2 unspecified atom stereocenters. The van der Waals surface area contributed by atoms with Gasteiger partial charge in [-0.05, 0) is 31.7 Å². The van der Waals surface area contributed by atoms with E-state index in [9.17, 15) is 9.59 Å². The van der Waals surface area contributed by atoms with Crippen LogP contribution in [0, 0.1) is 5.92 Å². The van der Waals surface area contributed by atoms with Crippen molar-refractivity contribution in [3.05, 3.63) is 0 Å². The summed E-state index contributed by atoms with van der Waals surface area (Å²) in [7, 11) is 0. The SMILES string of the molecule is CCCNC(=O)NC(=O)CN1CC2CCCNC2C1. The lowest BCUT2D eigenvalue weighted by Gasteiger charge is -2.24. The fraction of sp³-hybridized carbons (Fsp3) is 0.846. The Hall–Kier alpha value is -1.14. The molecule has 0 aromatic rings. The molecule has 2 fully saturated rings. The van der Waals surface area contributed by atoms with Crippen LogP contribution in [-0.2, 0) is 4.79 Å². The number of piperidine rings is 1. The van der Waals surface area contributed by atoms with Gasteiger partial charge in [0.15, 0.2) is 0 Å². The van der Waals surface area contributed by atoms with Crippen LogP contribution in [0.2, 0.25) is 0 Å². The van der Waals surface area contributed by atoms with E-state index in [1.807, 2.05) is 6.92 Å². The summed E-state index contributed by atoms with van der Waals surface area (Å²) < 4.78 is 0. The summed E-state index contributed by atoms with van der Waals surface area (Å²) in [6.07, 6.45) is 3.33. The van der Waals surface area contributed by atoms with Crippen LogP contribution in [0.4, 0.5) is 4.79 Å². The van der Waals surface area contributed by atoms with Gasteiger partial charge in [0.25, 0.3) is 0 Å². The molecule has 2 saturated heterocycles. The number of likely N-dealkylation sites (tertiary alicyclic amines) is 1. The number of rotatable bonds is 4. The quantitative estimate of drug-likeness (QED) is 0.666. The number of hydrogen-bond acceptors (Lipinski definition) is 4. The van der Waals surface area contributed by atoms with E-state index in [2.05, 4.69) is 20.9 Å². The van der Waals surface area contributed by atoms with Gasteiger partial charge in [-0.1, -0.05) is 6.92 Å². The maximum Gasteiger partial charge on any atom is 0.321 e. The zero-order chi connectivity index (χ0) is 13.7. The summed E-state index contributed by atoms with van der Waals surface area (Å²) in [6, 6.07) is 0.136. The van der Waals surface area contributed by atoms with E-state index in [0.29, 0.717) is 25.0 Å². The zero-order valence-electron chi connectivity index (χ0n) is 11.6. The molecule has 108 valence electrons. The molecular formula is C13H24N4O2. The predicted octanol–water partition coefficient (Wildman–Crippen LogP) is -0.0940. The average Bonchev–Trinajstić information content (AvgIpc) is 2.78. The highest BCUT2D eigenvalue weighted by molar-refractivity contribution is 5.95. The fourth-order valence-corrected chi connectivity index (χ4v) is 2.92. The first-order valence-corrected chi connectivity index (χ1v) is 7.22. The summed E-state index contributed by atoms with van der Waals surface area (Å²) >= 11 is 0. The minimum Gasteiger partial charge on any atom is -0.338 e. The van der Waals surface area contributed by atoms with Crippen molar-refractivity contribution in [1.82, 2.24) is 20.9 Å². The second-order valence-corrected chi connectivity index (χ2v) is 5.46. The summed E-state index contributed by atoms with van der Waals surface area (Å²) in [5.41, 5.74) is 0. The number of amides is 3. The Balaban J connectivity index is 1.69. The Morgan fingerprint density at radius 3 is 2.95 bits per heavy atom. The molecule has 0 aromatic heterocycles. The molecule has 0 saturated carbocycles. The smallest absolute Gasteiger partial charge is 0.321 e. The first-order chi connectivity index (χ1) is 9.19. The van der Waals surface area contributed by atoms with Gasteiger partial charge in [0.05, 0.1) is 6.54 Å². The van der Waals surface area contributed by atoms with E-state index in [1.54, 1.807) is 0 Å². The van der Waals surface area contributed by atoms with Crippen LogP contribution in [0.15, 0.2) is 0 Å². The second kappa shape index (κ2) is 6.86. The Morgan fingerprint density at radius 2 is 2.21 bits per heavy atom. The number of hydrogen-bond donors (Lipinski definition) is 3. The third-order valence-electron chi connectivity index (χ3n) is 3.83. The van der Waals surface area contributed by atoms with Crippen LogP contribution in [0.25, 0.3) is 0 Å². The van der Waals surface area contributed by atoms with Gasteiger partial charge in [0.2, 0.25) is 5.91 Å². The molecule has 2 atom stereocenters. The molecule has 0 aliphatic carbocycles. The van der Waals surface area contributed by atoms with Crippen LogP contribution in [0.1, 0.15) is 26.2 Å². The maximum absolute atomic E-state index is 11.7. The highest BCUT2D eigenvalue weighted by atomic mass is 16.2. The third-order valence-corrected chi connectivity index (χ3v) is 3.83. The molecule has 2 heterocycles. The van der Waals surface area contributed by atoms with Gasteiger partial charge in [-0.2, -0.15) is 0 Å². The number of imide groups is 1. The van der Waals surface area contributed by atoms with Crippen molar-refractivity contribution in [2.45, 2.75) is 32.2 Å². The van der Waals surface area contributed by atoms with Crippen molar-refractivity contribution >= 4 is 11.9 Å². The highest BCUT2D eigenvalue weighted by Gasteiger charge is 2.34. The lowest BCUT2D eigenvalue weighted by Crippen LogP contribution is -2.45. The van der Waals surface area contributed by atoms with Gasteiger partial charge in [0.1, 0.15) is 0 Å². The van der Waals surface area contributed by atoms with Crippen LogP contribution in [0.5, 0.6) is 0 Å². The number of carbonyl (C=O) groups excluding carboxylic acids is 2. The molecule has 0 radical (unpaired) electrons. The molecule has 2 rings (SSSR count). The molecule has 6 nitrogen and oxygen atoms in total. The molecule has 6 heteroatoms. The molecule has 0 aromatic carbocycles.